The number of aromatic nitrogens is 1. The Hall–Kier alpha value is -2.82. The molecule has 1 aromatic heterocycles. The number of alkyl halides is 2. The molecule has 2 aromatic rings. The van der Waals surface area contributed by atoms with Crippen LogP contribution in [0.5, 0.6) is 5.75 Å². The number of anilines is 1. The average Bonchev–Trinajstić information content (AvgIpc) is 2.52. The fourth-order valence-electron chi connectivity index (χ4n) is 1.92. The van der Waals surface area contributed by atoms with Gasteiger partial charge in [-0.25, -0.2) is 8.42 Å². The molecule has 134 valence electrons. The molecule has 0 aliphatic rings. The van der Waals surface area contributed by atoms with Crippen LogP contribution in [0.25, 0.3) is 0 Å². The Balaban J connectivity index is 2.16. The number of rotatable bonds is 7. The summed E-state index contributed by atoms with van der Waals surface area (Å²) in [4.78, 5) is 14.1. The van der Waals surface area contributed by atoms with Gasteiger partial charge in [-0.15, -0.1) is 0 Å². The van der Waals surface area contributed by atoms with Crippen LogP contribution in [-0.2, 0) is 16.4 Å². The van der Waals surface area contributed by atoms with E-state index < -0.39 is 27.1 Å². The van der Waals surface area contributed by atoms with E-state index in [4.69, 9.17) is 0 Å². The predicted molar refractivity (Wildman–Crippen MR) is 84.4 cm³/mol. The van der Waals surface area contributed by atoms with Gasteiger partial charge in [-0.05, 0) is 24.3 Å². The lowest BCUT2D eigenvalue weighted by Crippen LogP contribution is -2.06. The minimum atomic E-state index is -3.58. The second kappa shape index (κ2) is 7.38. The molecule has 0 fully saturated rings. The SMILES string of the molecule is CS(=O)(=O)c1ccc(NCc2ccc(OC(F)F)cn2)c([N+](=O)[O-])c1. The molecule has 0 saturated carbocycles. The van der Waals surface area contributed by atoms with E-state index in [9.17, 15) is 27.3 Å². The summed E-state index contributed by atoms with van der Waals surface area (Å²) in [5.41, 5.74) is 0.121. The Morgan fingerprint density at radius 3 is 2.56 bits per heavy atom. The lowest BCUT2D eigenvalue weighted by atomic mass is 10.2. The van der Waals surface area contributed by atoms with Gasteiger partial charge in [0.2, 0.25) is 0 Å². The van der Waals surface area contributed by atoms with Gasteiger partial charge in [-0.3, -0.25) is 15.1 Å². The molecule has 8 nitrogen and oxygen atoms in total. The topological polar surface area (TPSA) is 111 Å². The van der Waals surface area contributed by atoms with Gasteiger partial charge in [0.05, 0.1) is 28.3 Å². The minimum absolute atomic E-state index is 0.0635. The van der Waals surface area contributed by atoms with E-state index in [1.807, 2.05) is 0 Å². The van der Waals surface area contributed by atoms with Crippen molar-refractivity contribution in [2.24, 2.45) is 0 Å². The normalized spacial score (nSPS) is 11.4. The largest absolute Gasteiger partial charge is 0.433 e. The zero-order valence-electron chi connectivity index (χ0n) is 12.8. The maximum absolute atomic E-state index is 12.1. The number of benzene rings is 1. The fraction of sp³-hybridized carbons (Fsp3) is 0.214. The Bertz CT molecular complexity index is 873. The summed E-state index contributed by atoms with van der Waals surface area (Å²) in [7, 11) is -3.58. The first-order valence-electron chi connectivity index (χ1n) is 6.79. The van der Waals surface area contributed by atoms with Crippen LogP contribution in [0.15, 0.2) is 41.4 Å². The molecule has 1 heterocycles. The molecule has 2 rings (SSSR count). The molecule has 1 aromatic carbocycles. The monoisotopic (exact) mass is 373 g/mol. The molecule has 0 bridgehead atoms. The summed E-state index contributed by atoms with van der Waals surface area (Å²) < 4.78 is 51.3. The third-order valence-electron chi connectivity index (χ3n) is 3.08. The zero-order chi connectivity index (χ0) is 18.6. The minimum Gasteiger partial charge on any atom is -0.433 e. The molecular formula is C14H13F2N3O5S. The highest BCUT2D eigenvalue weighted by molar-refractivity contribution is 7.90. The Morgan fingerprint density at radius 2 is 2.04 bits per heavy atom. The number of halogens is 2. The van der Waals surface area contributed by atoms with Crippen LogP contribution in [0.4, 0.5) is 20.2 Å². The van der Waals surface area contributed by atoms with Crippen LogP contribution in [0.2, 0.25) is 0 Å². The van der Waals surface area contributed by atoms with E-state index in [0.29, 0.717) is 5.69 Å². The summed E-state index contributed by atoms with van der Waals surface area (Å²) in [6, 6.07) is 6.20. The zero-order valence-corrected chi connectivity index (χ0v) is 13.7. The summed E-state index contributed by atoms with van der Waals surface area (Å²) in [6.45, 7) is -2.89. The first-order chi connectivity index (χ1) is 11.7. The van der Waals surface area contributed by atoms with Gasteiger partial charge in [0.15, 0.2) is 9.84 Å². The van der Waals surface area contributed by atoms with Gasteiger partial charge in [0, 0.05) is 12.3 Å². The van der Waals surface area contributed by atoms with Crippen LogP contribution >= 0.6 is 0 Å². The Labute approximate surface area is 141 Å². The number of nitrogens with zero attached hydrogens (tertiary/aromatic N) is 2. The molecule has 1 N–H and O–H groups in total. The van der Waals surface area contributed by atoms with Crippen LogP contribution < -0.4 is 10.1 Å². The van der Waals surface area contributed by atoms with Gasteiger partial charge in [0.25, 0.3) is 5.69 Å². The highest BCUT2D eigenvalue weighted by atomic mass is 32.2. The number of ether oxygens (including phenoxy) is 1. The maximum atomic E-state index is 12.1. The number of hydrogen-bond donors (Lipinski definition) is 1. The highest BCUT2D eigenvalue weighted by Crippen LogP contribution is 2.28. The number of sulfone groups is 1. The molecule has 0 saturated heterocycles. The van der Waals surface area contributed by atoms with E-state index in [0.717, 1.165) is 18.5 Å². The second-order valence-electron chi connectivity index (χ2n) is 4.93. The highest BCUT2D eigenvalue weighted by Gasteiger charge is 2.18. The van der Waals surface area contributed by atoms with Crippen molar-refractivity contribution in [1.29, 1.82) is 0 Å². The number of nitro groups is 1. The van der Waals surface area contributed by atoms with Crippen molar-refractivity contribution >= 4 is 21.2 Å². The van der Waals surface area contributed by atoms with Crippen molar-refractivity contribution in [3.05, 3.63) is 52.3 Å². The van der Waals surface area contributed by atoms with Crippen molar-refractivity contribution in [1.82, 2.24) is 4.98 Å². The van der Waals surface area contributed by atoms with Crippen LogP contribution in [0.1, 0.15) is 5.69 Å². The van der Waals surface area contributed by atoms with E-state index in [1.165, 1.54) is 24.3 Å². The summed E-state index contributed by atoms with van der Waals surface area (Å²) in [6.07, 6.45) is 2.05. The first-order valence-corrected chi connectivity index (χ1v) is 8.68. The molecule has 0 aliphatic carbocycles. The second-order valence-corrected chi connectivity index (χ2v) is 6.94. The first kappa shape index (κ1) is 18.5. The number of hydrogen-bond acceptors (Lipinski definition) is 7. The van der Waals surface area contributed by atoms with Gasteiger partial charge in [-0.1, -0.05) is 0 Å². The molecule has 0 atom stereocenters. The van der Waals surface area contributed by atoms with Gasteiger partial charge in [0.1, 0.15) is 11.4 Å². The van der Waals surface area contributed by atoms with Gasteiger partial charge < -0.3 is 10.1 Å². The van der Waals surface area contributed by atoms with Crippen molar-refractivity contribution in [2.45, 2.75) is 18.1 Å². The van der Waals surface area contributed by atoms with Crippen molar-refractivity contribution in [3.63, 3.8) is 0 Å². The summed E-state index contributed by atoms with van der Waals surface area (Å²) in [5.74, 6) is -0.109. The average molecular weight is 373 g/mol. The third-order valence-corrected chi connectivity index (χ3v) is 4.19. The Kier molecular flexibility index (Phi) is 5.47. The molecule has 0 aliphatic heterocycles. The summed E-state index contributed by atoms with van der Waals surface area (Å²) in [5, 5.41) is 13.9. The number of nitro benzene ring substituents is 1. The molecule has 0 unspecified atom stereocenters. The van der Waals surface area contributed by atoms with Crippen molar-refractivity contribution < 1.29 is 26.9 Å². The molecule has 11 heteroatoms. The van der Waals surface area contributed by atoms with Crippen molar-refractivity contribution in [2.75, 3.05) is 11.6 Å². The van der Waals surface area contributed by atoms with Crippen LogP contribution in [0.3, 0.4) is 0 Å². The predicted octanol–water partition coefficient (Wildman–Crippen LogP) is 2.61. The lowest BCUT2D eigenvalue weighted by Gasteiger charge is -2.09. The third kappa shape index (κ3) is 5.08. The van der Waals surface area contributed by atoms with E-state index >= 15 is 0 Å². The molecule has 0 amide bonds. The van der Waals surface area contributed by atoms with E-state index in [1.54, 1.807) is 0 Å². The van der Waals surface area contributed by atoms with E-state index in [-0.39, 0.29) is 22.9 Å². The van der Waals surface area contributed by atoms with Crippen LogP contribution in [-0.4, -0.2) is 31.2 Å². The fourth-order valence-corrected chi connectivity index (χ4v) is 2.56. The van der Waals surface area contributed by atoms with Crippen molar-refractivity contribution in [3.8, 4) is 5.75 Å². The van der Waals surface area contributed by atoms with Crippen LogP contribution in [0, 0.1) is 10.1 Å². The number of pyridine rings is 1. The van der Waals surface area contributed by atoms with E-state index in [2.05, 4.69) is 15.0 Å². The maximum Gasteiger partial charge on any atom is 0.387 e. The quantitative estimate of drug-likeness (QED) is 0.586. The van der Waals surface area contributed by atoms with Gasteiger partial charge in [-0.2, -0.15) is 8.78 Å². The molecule has 25 heavy (non-hydrogen) atoms. The smallest absolute Gasteiger partial charge is 0.387 e. The molecular weight excluding hydrogens is 360 g/mol. The molecule has 0 radical (unpaired) electrons. The Morgan fingerprint density at radius 1 is 1.32 bits per heavy atom. The lowest BCUT2D eigenvalue weighted by molar-refractivity contribution is -0.384. The van der Waals surface area contributed by atoms with Gasteiger partial charge >= 0.3 is 6.61 Å². The standard InChI is InChI=1S/C14H13F2N3O5S/c1-25(22,23)11-4-5-12(13(6-11)19(20)21)18-7-9-2-3-10(8-17-9)24-14(15)16/h2-6,8,14,18H,7H2,1H3. The number of nitrogens with one attached hydrogen (secondary N) is 1. The summed E-state index contributed by atoms with van der Waals surface area (Å²) >= 11 is 0. The molecule has 0 spiro atoms.